The zero-order chi connectivity index (χ0) is 26.3. The molecule has 2 aromatic carbocycles. The van der Waals surface area contributed by atoms with Crippen LogP contribution in [0.2, 0.25) is 0 Å². The zero-order valence-corrected chi connectivity index (χ0v) is 21.3. The summed E-state index contributed by atoms with van der Waals surface area (Å²) in [6.07, 6.45) is 3.28. The number of carbonyl (C=O) groups is 1. The quantitative estimate of drug-likeness (QED) is 0.388. The minimum atomic E-state index is -0.210. The predicted molar refractivity (Wildman–Crippen MR) is 146 cm³/mol. The molecule has 3 heterocycles. The van der Waals surface area contributed by atoms with Gasteiger partial charge in [-0.15, -0.1) is 0 Å². The molecule has 1 aliphatic rings. The van der Waals surface area contributed by atoms with E-state index < -0.39 is 0 Å². The molecule has 5 rings (SSSR count). The molecule has 9 nitrogen and oxygen atoms in total. The van der Waals surface area contributed by atoms with Crippen LogP contribution in [-0.4, -0.2) is 52.4 Å². The summed E-state index contributed by atoms with van der Waals surface area (Å²) in [5, 5.41) is 7.48. The van der Waals surface area contributed by atoms with Crippen LogP contribution >= 0.6 is 0 Å². The van der Waals surface area contributed by atoms with Crippen molar-refractivity contribution in [3.8, 4) is 28.3 Å². The Morgan fingerprint density at radius 3 is 2.58 bits per heavy atom. The first-order chi connectivity index (χ1) is 18.6. The maximum Gasteiger partial charge on any atom is 0.266 e. The third kappa shape index (κ3) is 5.88. The number of rotatable bonds is 8. The summed E-state index contributed by atoms with van der Waals surface area (Å²) in [5.41, 5.74) is 3.24. The fourth-order valence-electron chi connectivity index (χ4n) is 4.64. The number of benzene rings is 2. The molecule has 0 spiro atoms. The van der Waals surface area contributed by atoms with E-state index in [2.05, 4.69) is 25.3 Å². The standard InChI is InChI=1S/C29H30N6O3/c1-38-24-11-9-22(10-12-24)25-13-14-28(36)35(33-25)17-15-30-29(37)23-8-5-16-34(19-23)27-18-26(31-20-32-27)21-6-3-2-4-7-21/h2-4,6-7,9-14,18,20,23H,5,8,15-17,19H2,1H3,(H,30,37). The van der Waals surface area contributed by atoms with E-state index in [4.69, 9.17) is 4.74 Å². The van der Waals surface area contributed by atoms with Crippen LogP contribution in [0.1, 0.15) is 12.8 Å². The number of hydrogen-bond acceptors (Lipinski definition) is 7. The molecule has 1 unspecified atom stereocenters. The molecule has 1 fully saturated rings. The number of piperidine rings is 1. The van der Waals surface area contributed by atoms with Gasteiger partial charge in [-0.05, 0) is 43.2 Å². The van der Waals surface area contributed by atoms with Crippen LogP contribution in [0.25, 0.3) is 22.5 Å². The second-order valence-corrected chi connectivity index (χ2v) is 9.21. The molecule has 2 aromatic heterocycles. The summed E-state index contributed by atoms with van der Waals surface area (Å²) >= 11 is 0. The lowest BCUT2D eigenvalue weighted by Crippen LogP contribution is -2.44. The van der Waals surface area contributed by atoms with Gasteiger partial charge in [0.25, 0.3) is 5.56 Å². The highest BCUT2D eigenvalue weighted by Gasteiger charge is 2.26. The molecular formula is C29H30N6O3. The lowest BCUT2D eigenvalue weighted by Gasteiger charge is -2.33. The largest absolute Gasteiger partial charge is 0.497 e. The topological polar surface area (TPSA) is 102 Å². The molecule has 0 aliphatic carbocycles. The first-order valence-electron chi connectivity index (χ1n) is 12.7. The Balaban J connectivity index is 1.19. The molecule has 1 saturated heterocycles. The van der Waals surface area contributed by atoms with E-state index in [1.54, 1.807) is 19.5 Å². The Morgan fingerprint density at radius 1 is 1.00 bits per heavy atom. The summed E-state index contributed by atoms with van der Waals surface area (Å²) < 4.78 is 6.59. The van der Waals surface area contributed by atoms with Gasteiger partial charge in [0.15, 0.2) is 0 Å². The molecule has 194 valence electrons. The average Bonchev–Trinajstić information content (AvgIpc) is 2.98. The molecule has 1 amide bonds. The lowest BCUT2D eigenvalue weighted by atomic mass is 9.97. The Labute approximate surface area is 221 Å². The minimum absolute atomic E-state index is 0.0219. The lowest BCUT2D eigenvalue weighted by molar-refractivity contribution is -0.125. The Bertz CT molecular complexity index is 1440. The first-order valence-corrected chi connectivity index (χ1v) is 12.7. The van der Waals surface area contributed by atoms with Crippen molar-refractivity contribution in [3.63, 3.8) is 0 Å². The summed E-state index contributed by atoms with van der Waals surface area (Å²) in [5.74, 6) is 1.39. The Morgan fingerprint density at radius 2 is 1.79 bits per heavy atom. The summed E-state index contributed by atoms with van der Waals surface area (Å²) in [4.78, 5) is 36.4. The molecule has 0 saturated carbocycles. The average molecular weight is 511 g/mol. The summed E-state index contributed by atoms with van der Waals surface area (Å²) in [6.45, 7) is 2.03. The van der Waals surface area contributed by atoms with E-state index in [0.717, 1.165) is 47.8 Å². The molecule has 4 aromatic rings. The van der Waals surface area contributed by atoms with Gasteiger partial charge in [-0.3, -0.25) is 9.59 Å². The van der Waals surface area contributed by atoms with Crippen LogP contribution in [0.15, 0.2) is 83.9 Å². The zero-order valence-electron chi connectivity index (χ0n) is 21.3. The molecule has 1 aliphatic heterocycles. The molecule has 1 N–H and O–H groups in total. The van der Waals surface area contributed by atoms with Crippen LogP contribution in [0.4, 0.5) is 5.82 Å². The van der Waals surface area contributed by atoms with E-state index in [1.807, 2.05) is 60.7 Å². The maximum absolute atomic E-state index is 13.0. The number of nitrogens with one attached hydrogen (secondary N) is 1. The van der Waals surface area contributed by atoms with E-state index in [1.165, 1.54) is 10.7 Å². The first kappa shape index (κ1) is 25.1. The number of aromatic nitrogens is 4. The number of carbonyl (C=O) groups excluding carboxylic acids is 1. The third-order valence-electron chi connectivity index (χ3n) is 6.71. The van der Waals surface area contributed by atoms with Crippen molar-refractivity contribution >= 4 is 11.7 Å². The number of nitrogens with zero attached hydrogens (tertiary/aromatic N) is 5. The van der Waals surface area contributed by atoms with Gasteiger partial charge < -0.3 is 15.0 Å². The van der Waals surface area contributed by atoms with Crippen molar-refractivity contribution in [2.45, 2.75) is 19.4 Å². The van der Waals surface area contributed by atoms with Crippen LogP contribution < -0.4 is 20.5 Å². The van der Waals surface area contributed by atoms with Gasteiger partial charge in [0.1, 0.15) is 17.9 Å². The molecule has 0 radical (unpaired) electrons. The maximum atomic E-state index is 13.0. The van der Waals surface area contributed by atoms with Crippen molar-refractivity contribution in [3.05, 3.63) is 89.5 Å². The minimum Gasteiger partial charge on any atom is -0.497 e. The van der Waals surface area contributed by atoms with Crippen molar-refractivity contribution in [1.29, 1.82) is 0 Å². The van der Waals surface area contributed by atoms with Gasteiger partial charge in [0.05, 0.1) is 31.0 Å². The number of ether oxygens (including phenoxy) is 1. The third-order valence-corrected chi connectivity index (χ3v) is 6.71. The van der Waals surface area contributed by atoms with Gasteiger partial charge in [-0.25, -0.2) is 14.6 Å². The van der Waals surface area contributed by atoms with E-state index in [0.29, 0.717) is 18.8 Å². The number of methoxy groups -OCH3 is 1. The monoisotopic (exact) mass is 510 g/mol. The van der Waals surface area contributed by atoms with Crippen molar-refractivity contribution in [2.75, 3.05) is 31.6 Å². The molecule has 1 atom stereocenters. The molecular weight excluding hydrogens is 480 g/mol. The van der Waals surface area contributed by atoms with Crippen LogP contribution in [0.3, 0.4) is 0 Å². The van der Waals surface area contributed by atoms with E-state index in [9.17, 15) is 9.59 Å². The van der Waals surface area contributed by atoms with E-state index in [-0.39, 0.29) is 23.9 Å². The molecule has 0 bridgehead atoms. The number of hydrogen-bond donors (Lipinski definition) is 1. The van der Waals surface area contributed by atoms with Gasteiger partial charge in [0, 0.05) is 42.9 Å². The van der Waals surface area contributed by atoms with Crippen molar-refractivity contribution in [2.24, 2.45) is 5.92 Å². The van der Waals surface area contributed by atoms with Crippen molar-refractivity contribution in [1.82, 2.24) is 25.1 Å². The fraction of sp³-hybridized carbons (Fsp3) is 0.276. The van der Waals surface area contributed by atoms with Crippen LogP contribution in [0.5, 0.6) is 5.75 Å². The van der Waals surface area contributed by atoms with Gasteiger partial charge >= 0.3 is 0 Å². The van der Waals surface area contributed by atoms with Crippen LogP contribution in [-0.2, 0) is 11.3 Å². The van der Waals surface area contributed by atoms with Gasteiger partial charge in [0.2, 0.25) is 5.91 Å². The molecule has 9 heteroatoms. The SMILES string of the molecule is COc1ccc(-c2ccc(=O)n(CCNC(=O)C3CCCN(c4cc(-c5ccccc5)ncn4)C3)n2)cc1. The van der Waals surface area contributed by atoms with Crippen molar-refractivity contribution < 1.29 is 9.53 Å². The smallest absolute Gasteiger partial charge is 0.266 e. The Hall–Kier alpha value is -4.53. The fourth-order valence-corrected chi connectivity index (χ4v) is 4.64. The summed E-state index contributed by atoms with van der Waals surface area (Å²) in [7, 11) is 1.62. The van der Waals surface area contributed by atoms with Gasteiger partial charge in [-0.1, -0.05) is 30.3 Å². The highest BCUT2D eigenvalue weighted by molar-refractivity contribution is 5.79. The normalized spacial score (nSPS) is 15.2. The second kappa shape index (κ2) is 11.7. The molecule has 38 heavy (non-hydrogen) atoms. The highest BCUT2D eigenvalue weighted by atomic mass is 16.5. The van der Waals surface area contributed by atoms with E-state index >= 15 is 0 Å². The number of amides is 1. The second-order valence-electron chi connectivity index (χ2n) is 9.21. The summed E-state index contributed by atoms with van der Waals surface area (Å²) in [6, 6.07) is 22.7. The highest BCUT2D eigenvalue weighted by Crippen LogP contribution is 2.25. The van der Waals surface area contributed by atoms with Crippen LogP contribution in [0, 0.1) is 5.92 Å². The predicted octanol–water partition coefficient (Wildman–Crippen LogP) is 3.41. The van der Waals surface area contributed by atoms with Gasteiger partial charge in [-0.2, -0.15) is 5.10 Å². The number of anilines is 1. The Kier molecular flexibility index (Phi) is 7.73.